The van der Waals surface area contributed by atoms with E-state index in [4.69, 9.17) is 4.98 Å². The molecule has 6 nitrogen and oxygen atoms in total. The van der Waals surface area contributed by atoms with Crippen molar-refractivity contribution in [1.29, 1.82) is 0 Å². The van der Waals surface area contributed by atoms with Crippen LogP contribution in [-0.4, -0.2) is 34.8 Å². The molecule has 0 saturated heterocycles. The summed E-state index contributed by atoms with van der Waals surface area (Å²) < 4.78 is 23.3. The van der Waals surface area contributed by atoms with Gasteiger partial charge in [-0.25, -0.2) is 18.4 Å². The average Bonchev–Trinajstić information content (AvgIpc) is 3.38. The van der Waals surface area contributed by atoms with Crippen LogP contribution < -0.4 is 0 Å². The standard InChI is InChI=1S/C20H18N4O2S/c1-27(25,26)11-12-4-7-17-16(9-12)15(13-5-6-13)10-18(22-17)19-14-3-2-8-21-20(14)24-23-19/h2-4,7-10,13H,5-6,11H2,1H3,(H,21,23,24). The van der Waals surface area contributed by atoms with E-state index in [1.165, 1.54) is 11.8 Å². The van der Waals surface area contributed by atoms with Gasteiger partial charge in [-0.15, -0.1) is 0 Å². The van der Waals surface area contributed by atoms with Gasteiger partial charge in [0.1, 0.15) is 0 Å². The molecule has 4 aromatic rings. The van der Waals surface area contributed by atoms with E-state index in [0.717, 1.165) is 46.1 Å². The van der Waals surface area contributed by atoms with Gasteiger partial charge in [0.2, 0.25) is 0 Å². The van der Waals surface area contributed by atoms with Crippen LogP contribution in [0.15, 0.2) is 42.6 Å². The van der Waals surface area contributed by atoms with Crippen LogP contribution in [0.4, 0.5) is 0 Å². The summed E-state index contributed by atoms with van der Waals surface area (Å²) in [6, 6.07) is 11.7. The monoisotopic (exact) mass is 378 g/mol. The Bertz CT molecular complexity index is 1290. The molecule has 1 N–H and O–H groups in total. The number of benzene rings is 1. The Kier molecular flexibility index (Phi) is 3.55. The second kappa shape index (κ2) is 5.85. The molecule has 27 heavy (non-hydrogen) atoms. The lowest BCUT2D eigenvalue weighted by Gasteiger charge is -2.10. The highest BCUT2D eigenvalue weighted by molar-refractivity contribution is 7.89. The van der Waals surface area contributed by atoms with Crippen LogP contribution >= 0.6 is 0 Å². The van der Waals surface area contributed by atoms with E-state index in [9.17, 15) is 8.42 Å². The van der Waals surface area contributed by atoms with Crippen molar-refractivity contribution in [2.24, 2.45) is 0 Å². The number of hydrogen-bond acceptors (Lipinski definition) is 5. The van der Waals surface area contributed by atoms with Gasteiger partial charge in [0.15, 0.2) is 15.5 Å². The van der Waals surface area contributed by atoms with Crippen LogP contribution in [0.5, 0.6) is 0 Å². The minimum Gasteiger partial charge on any atom is -0.273 e. The molecule has 0 atom stereocenters. The number of aromatic amines is 1. The van der Waals surface area contributed by atoms with Gasteiger partial charge < -0.3 is 0 Å². The summed E-state index contributed by atoms with van der Waals surface area (Å²) in [6.07, 6.45) is 5.29. The third-order valence-corrected chi connectivity index (χ3v) is 5.79. The zero-order valence-corrected chi connectivity index (χ0v) is 15.6. The van der Waals surface area contributed by atoms with Crippen LogP contribution in [0.3, 0.4) is 0 Å². The molecule has 0 spiro atoms. The molecule has 0 unspecified atom stereocenters. The molecule has 1 fully saturated rings. The Morgan fingerprint density at radius 2 is 2.00 bits per heavy atom. The summed E-state index contributed by atoms with van der Waals surface area (Å²) in [5.74, 6) is 0.557. The summed E-state index contributed by atoms with van der Waals surface area (Å²) in [5.41, 5.74) is 5.29. The lowest BCUT2D eigenvalue weighted by molar-refractivity contribution is 0.601. The number of fused-ring (bicyclic) bond motifs is 2. The second-order valence-electron chi connectivity index (χ2n) is 7.27. The van der Waals surface area contributed by atoms with Gasteiger partial charge in [-0.05, 0) is 60.2 Å². The summed E-state index contributed by atoms with van der Waals surface area (Å²) in [5, 5.41) is 9.34. The lowest BCUT2D eigenvalue weighted by Crippen LogP contribution is -2.01. The number of rotatable bonds is 4. The van der Waals surface area contributed by atoms with Crippen molar-refractivity contribution in [2.75, 3.05) is 6.26 Å². The molecular formula is C20H18N4O2S. The SMILES string of the molecule is CS(=O)(=O)Cc1ccc2nc(-c3[nH]nc4ncccc34)cc(C3CC3)c2c1. The van der Waals surface area contributed by atoms with E-state index in [1.807, 2.05) is 30.3 Å². The molecule has 3 heterocycles. The highest BCUT2D eigenvalue weighted by atomic mass is 32.2. The first-order valence-electron chi connectivity index (χ1n) is 8.89. The molecular weight excluding hydrogens is 360 g/mol. The molecule has 1 aliphatic carbocycles. The number of hydrogen-bond donors (Lipinski definition) is 1. The fraction of sp³-hybridized carbons (Fsp3) is 0.250. The molecule has 0 amide bonds. The Morgan fingerprint density at radius 3 is 2.78 bits per heavy atom. The molecule has 0 radical (unpaired) electrons. The van der Waals surface area contributed by atoms with E-state index >= 15 is 0 Å². The van der Waals surface area contributed by atoms with Crippen molar-refractivity contribution in [3.05, 3.63) is 53.7 Å². The molecule has 1 saturated carbocycles. The number of nitrogens with one attached hydrogen (secondary N) is 1. The molecule has 7 heteroatoms. The van der Waals surface area contributed by atoms with E-state index in [2.05, 4.69) is 21.2 Å². The predicted octanol–water partition coefficient (Wildman–Crippen LogP) is 3.60. The van der Waals surface area contributed by atoms with Crippen molar-refractivity contribution in [3.63, 3.8) is 0 Å². The van der Waals surface area contributed by atoms with Crippen LogP contribution in [0.1, 0.15) is 29.9 Å². The number of H-pyrrole nitrogens is 1. The lowest BCUT2D eigenvalue weighted by atomic mass is 10.0. The first-order valence-corrected chi connectivity index (χ1v) is 10.9. The van der Waals surface area contributed by atoms with E-state index in [0.29, 0.717) is 11.6 Å². The summed E-state index contributed by atoms with van der Waals surface area (Å²) in [6.45, 7) is 0. The van der Waals surface area contributed by atoms with Gasteiger partial charge >= 0.3 is 0 Å². The Balaban J connectivity index is 1.70. The topological polar surface area (TPSA) is 88.6 Å². The van der Waals surface area contributed by atoms with Crippen molar-refractivity contribution < 1.29 is 8.42 Å². The fourth-order valence-electron chi connectivity index (χ4n) is 3.60. The van der Waals surface area contributed by atoms with Crippen LogP contribution in [0.25, 0.3) is 33.3 Å². The number of nitrogens with zero attached hydrogens (tertiary/aromatic N) is 3. The van der Waals surface area contributed by atoms with Gasteiger partial charge in [-0.1, -0.05) is 6.07 Å². The third-order valence-electron chi connectivity index (χ3n) is 4.94. The fourth-order valence-corrected chi connectivity index (χ4v) is 4.38. The summed E-state index contributed by atoms with van der Waals surface area (Å²) >= 11 is 0. The maximum atomic E-state index is 11.7. The minimum atomic E-state index is -3.07. The first-order chi connectivity index (χ1) is 13.0. The molecule has 136 valence electrons. The molecule has 0 bridgehead atoms. The number of aromatic nitrogens is 4. The summed E-state index contributed by atoms with van der Waals surface area (Å²) in [4.78, 5) is 9.11. The Hall–Kier alpha value is -2.80. The van der Waals surface area contributed by atoms with Crippen molar-refractivity contribution in [2.45, 2.75) is 24.5 Å². The highest BCUT2D eigenvalue weighted by Gasteiger charge is 2.27. The summed E-state index contributed by atoms with van der Waals surface area (Å²) in [7, 11) is -3.07. The zero-order valence-electron chi connectivity index (χ0n) is 14.8. The first kappa shape index (κ1) is 16.4. The average molecular weight is 378 g/mol. The predicted molar refractivity (Wildman–Crippen MR) is 105 cm³/mol. The molecule has 0 aliphatic heterocycles. The smallest absolute Gasteiger partial charge is 0.181 e. The van der Waals surface area contributed by atoms with Crippen molar-refractivity contribution in [3.8, 4) is 11.4 Å². The molecule has 3 aromatic heterocycles. The van der Waals surface area contributed by atoms with Gasteiger partial charge in [0, 0.05) is 23.2 Å². The largest absolute Gasteiger partial charge is 0.273 e. The van der Waals surface area contributed by atoms with Gasteiger partial charge in [-0.3, -0.25) is 5.10 Å². The normalized spacial score (nSPS) is 14.9. The highest BCUT2D eigenvalue weighted by Crippen LogP contribution is 2.44. The maximum absolute atomic E-state index is 11.7. The second-order valence-corrected chi connectivity index (χ2v) is 9.41. The van der Waals surface area contributed by atoms with Gasteiger partial charge in [-0.2, -0.15) is 5.10 Å². The third kappa shape index (κ3) is 3.08. The van der Waals surface area contributed by atoms with Crippen LogP contribution in [0.2, 0.25) is 0 Å². The minimum absolute atomic E-state index is 0.0473. The van der Waals surface area contributed by atoms with Crippen molar-refractivity contribution >= 4 is 31.8 Å². The maximum Gasteiger partial charge on any atom is 0.181 e. The van der Waals surface area contributed by atoms with Crippen LogP contribution in [-0.2, 0) is 15.6 Å². The van der Waals surface area contributed by atoms with Gasteiger partial charge in [0.25, 0.3) is 0 Å². The Morgan fingerprint density at radius 1 is 1.15 bits per heavy atom. The number of pyridine rings is 2. The van der Waals surface area contributed by atoms with Crippen molar-refractivity contribution in [1.82, 2.24) is 20.2 Å². The molecule has 1 aromatic carbocycles. The Labute approximate surface area is 156 Å². The van der Waals surface area contributed by atoms with E-state index in [-0.39, 0.29) is 5.75 Å². The van der Waals surface area contributed by atoms with Gasteiger partial charge in [0.05, 0.1) is 22.7 Å². The van der Waals surface area contributed by atoms with Crippen LogP contribution in [0, 0.1) is 0 Å². The van der Waals surface area contributed by atoms with E-state index < -0.39 is 9.84 Å². The quantitative estimate of drug-likeness (QED) is 0.586. The molecule has 5 rings (SSSR count). The van der Waals surface area contributed by atoms with E-state index in [1.54, 1.807) is 6.20 Å². The molecule has 1 aliphatic rings. The zero-order chi connectivity index (χ0) is 18.6. The number of sulfone groups is 1.